The molecule has 2 aromatic carbocycles. The first kappa shape index (κ1) is 17.9. The summed E-state index contributed by atoms with van der Waals surface area (Å²) in [5, 5.41) is 6.06. The molecule has 0 bridgehead atoms. The number of carbonyl (C=O) groups is 1. The summed E-state index contributed by atoms with van der Waals surface area (Å²) < 4.78 is 0. The maximum Gasteiger partial charge on any atom is 0.257 e. The van der Waals surface area contributed by atoms with Crippen LogP contribution in [-0.4, -0.2) is 11.0 Å². The van der Waals surface area contributed by atoms with Gasteiger partial charge in [0.2, 0.25) is 0 Å². The maximum absolute atomic E-state index is 12.0. The van der Waals surface area contributed by atoms with Gasteiger partial charge in [-0.1, -0.05) is 50.2 Å². The molecular formula is C18H22N2OS. The molecule has 0 spiro atoms. The zero-order valence-electron chi connectivity index (χ0n) is 13.4. The van der Waals surface area contributed by atoms with Crippen LogP contribution in [-0.2, 0) is 0 Å². The van der Waals surface area contributed by atoms with Crippen LogP contribution < -0.4 is 10.6 Å². The summed E-state index contributed by atoms with van der Waals surface area (Å²) in [5.41, 5.74) is 3.69. The molecule has 22 heavy (non-hydrogen) atoms. The lowest BCUT2D eigenvalue weighted by Crippen LogP contribution is -2.34. The number of hydrogen-bond acceptors (Lipinski definition) is 2. The van der Waals surface area contributed by atoms with Crippen LogP contribution >= 0.6 is 12.2 Å². The Morgan fingerprint density at radius 3 is 2.00 bits per heavy atom. The number of benzene rings is 2. The Bertz CT molecular complexity index is 619. The zero-order chi connectivity index (χ0) is 16.5. The van der Waals surface area contributed by atoms with Gasteiger partial charge >= 0.3 is 0 Å². The van der Waals surface area contributed by atoms with Crippen molar-refractivity contribution < 1.29 is 4.79 Å². The number of amides is 1. The lowest BCUT2D eigenvalue weighted by Gasteiger charge is -2.14. The van der Waals surface area contributed by atoms with E-state index in [1.165, 1.54) is 0 Å². The molecule has 0 aromatic heterocycles. The number of rotatable bonds is 2. The minimum absolute atomic E-state index is 0.214. The van der Waals surface area contributed by atoms with Gasteiger partial charge in [0.1, 0.15) is 0 Å². The second kappa shape index (κ2) is 8.95. The quantitative estimate of drug-likeness (QED) is 0.804. The van der Waals surface area contributed by atoms with E-state index in [-0.39, 0.29) is 5.91 Å². The monoisotopic (exact) mass is 314 g/mol. The van der Waals surface area contributed by atoms with E-state index in [0.29, 0.717) is 10.7 Å². The zero-order valence-corrected chi connectivity index (χ0v) is 14.3. The maximum atomic E-state index is 12.0. The van der Waals surface area contributed by atoms with Crippen molar-refractivity contribution in [1.29, 1.82) is 0 Å². The van der Waals surface area contributed by atoms with Crippen LogP contribution in [0, 0.1) is 13.8 Å². The lowest BCUT2D eigenvalue weighted by molar-refractivity contribution is 0.0977. The molecule has 0 aliphatic rings. The Balaban J connectivity index is 0.00000116. The highest BCUT2D eigenvalue weighted by molar-refractivity contribution is 7.80. The number of anilines is 1. The first-order chi connectivity index (χ1) is 10.6. The Morgan fingerprint density at radius 2 is 1.45 bits per heavy atom. The Hall–Kier alpha value is -2.20. The lowest BCUT2D eigenvalue weighted by atomic mass is 10.1. The van der Waals surface area contributed by atoms with Gasteiger partial charge < -0.3 is 5.32 Å². The van der Waals surface area contributed by atoms with Gasteiger partial charge in [0.05, 0.1) is 0 Å². The minimum Gasteiger partial charge on any atom is -0.332 e. The molecule has 2 N–H and O–H groups in total. The number of carbonyl (C=O) groups excluding carboxylic acids is 1. The van der Waals surface area contributed by atoms with E-state index in [2.05, 4.69) is 10.6 Å². The van der Waals surface area contributed by atoms with E-state index in [1.807, 2.05) is 64.1 Å². The van der Waals surface area contributed by atoms with Crippen molar-refractivity contribution in [2.75, 3.05) is 5.32 Å². The molecule has 0 saturated carbocycles. The van der Waals surface area contributed by atoms with E-state index >= 15 is 0 Å². The highest BCUT2D eigenvalue weighted by Gasteiger charge is 2.09. The summed E-state index contributed by atoms with van der Waals surface area (Å²) >= 11 is 5.19. The van der Waals surface area contributed by atoms with Gasteiger partial charge in [-0.05, 0) is 49.3 Å². The topological polar surface area (TPSA) is 41.1 Å². The smallest absolute Gasteiger partial charge is 0.257 e. The van der Waals surface area contributed by atoms with Crippen LogP contribution in [0.15, 0.2) is 48.5 Å². The summed E-state index contributed by atoms with van der Waals surface area (Å²) in [6.07, 6.45) is 0. The van der Waals surface area contributed by atoms with E-state index in [4.69, 9.17) is 12.2 Å². The molecule has 0 aliphatic carbocycles. The summed E-state index contributed by atoms with van der Waals surface area (Å²) in [5.74, 6) is -0.214. The SMILES string of the molecule is CC.Cc1cccc(C)c1NC(=S)NC(=O)c1ccccc1. The first-order valence-corrected chi connectivity index (χ1v) is 7.72. The molecule has 2 rings (SSSR count). The van der Waals surface area contributed by atoms with Gasteiger partial charge in [-0.2, -0.15) is 0 Å². The van der Waals surface area contributed by atoms with Gasteiger partial charge in [-0.3, -0.25) is 10.1 Å². The highest BCUT2D eigenvalue weighted by Crippen LogP contribution is 2.19. The van der Waals surface area contributed by atoms with E-state index in [0.717, 1.165) is 16.8 Å². The minimum atomic E-state index is -0.214. The largest absolute Gasteiger partial charge is 0.332 e. The highest BCUT2D eigenvalue weighted by atomic mass is 32.1. The van der Waals surface area contributed by atoms with Crippen LogP contribution in [0.5, 0.6) is 0 Å². The van der Waals surface area contributed by atoms with Crippen molar-refractivity contribution in [3.8, 4) is 0 Å². The molecule has 0 radical (unpaired) electrons. The van der Waals surface area contributed by atoms with Crippen molar-refractivity contribution in [2.24, 2.45) is 0 Å². The van der Waals surface area contributed by atoms with Gasteiger partial charge in [0, 0.05) is 11.3 Å². The Kier molecular flexibility index (Phi) is 7.26. The van der Waals surface area contributed by atoms with Crippen molar-refractivity contribution >= 4 is 28.9 Å². The molecule has 0 atom stereocenters. The molecule has 0 unspecified atom stereocenters. The van der Waals surface area contributed by atoms with Crippen molar-refractivity contribution in [1.82, 2.24) is 5.32 Å². The van der Waals surface area contributed by atoms with Crippen molar-refractivity contribution in [3.63, 3.8) is 0 Å². The molecule has 0 aliphatic heterocycles. The summed E-state index contributed by atoms with van der Waals surface area (Å²) in [4.78, 5) is 12.0. The average Bonchev–Trinajstić information content (AvgIpc) is 2.54. The first-order valence-electron chi connectivity index (χ1n) is 7.31. The molecule has 0 fully saturated rings. The number of thiocarbonyl (C=S) groups is 1. The van der Waals surface area contributed by atoms with Gasteiger partial charge in [0.15, 0.2) is 5.11 Å². The van der Waals surface area contributed by atoms with Crippen LogP contribution in [0.25, 0.3) is 0 Å². The second-order valence-corrected chi connectivity index (χ2v) is 4.95. The van der Waals surface area contributed by atoms with Gasteiger partial charge in [0.25, 0.3) is 5.91 Å². The molecule has 0 saturated heterocycles. The summed E-state index contributed by atoms with van der Waals surface area (Å²) in [6, 6.07) is 15.0. The van der Waals surface area contributed by atoms with E-state index in [1.54, 1.807) is 12.1 Å². The summed E-state index contributed by atoms with van der Waals surface area (Å²) in [6.45, 7) is 7.99. The number of aryl methyl sites for hydroxylation is 2. The second-order valence-electron chi connectivity index (χ2n) is 4.54. The third kappa shape index (κ3) is 4.97. The average molecular weight is 314 g/mol. The Labute approximate surface area is 137 Å². The van der Waals surface area contributed by atoms with Gasteiger partial charge in [-0.15, -0.1) is 0 Å². The van der Waals surface area contributed by atoms with Crippen LogP contribution in [0.4, 0.5) is 5.69 Å². The fourth-order valence-corrected chi connectivity index (χ4v) is 2.12. The number of nitrogens with one attached hydrogen (secondary N) is 2. The number of para-hydroxylation sites is 1. The molecule has 116 valence electrons. The molecule has 1 amide bonds. The van der Waals surface area contributed by atoms with Crippen molar-refractivity contribution in [3.05, 3.63) is 65.2 Å². The number of hydrogen-bond donors (Lipinski definition) is 2. The van der Waals surface area contributed by atoms with Crippen molar-refractivity contribution in [2.45, 2.75) is 27.7 Å². The molecule has 0 heterocycles. The third-order valence-electron chi connectivity index (χ3n) is 2.98. The normalized spacial score (nSPS) is 9.27. The molecule has 3 nitrogen and oxygen atoms in total. The fraction of sp³-hybridized carbons (Fsp3) is 0.222. The van der Waals surface area contributed by atoms with Crippen LogP contribution in [0.2, 0.25) is 0 Å². The predicted molar refractivity (Wildman–Crippen MR) is 97.4 cm³/mol. The Morgan fingerprint density at radius 1 is 0.909 bits per heavy atom. The molecule has 2 aromatic rings. The third-order valence-corrected chi connectivity index (χ3v) is 3.19. The van der Waals surface area contributed by atoms with Gasteiger partial charge in [-0.25, -0.2) is 0 Å². The fourth-order valence-electron chi connectivity index (χ4n) is 1.92. The standard InChI is InChI=1S/C16H16N2OS.C2H6/c1-11-7-6-8-12(2)14(11)17-16(20)18-15(19)13-9-4-3-5-10-13;1-2/h3-10H,1-2H3,(H2,17,18,19,20);1-2H3. The predicted octanol–water partition coefficient (Wildman–Crippen LogP) is 4.46. The van der Waals surface area contributed by atoms with E-state index in [9.17, 15) is 4.79 Å². The van der Waals surface area contributed by atoms with Crippen LogP contribution in [0.1, 0.15) is 35.3 Å². The van der Waals surface area contributed by atoms with E-state index < -0.39 is 0 Å². The summed E-state index contributed by atoms with van der Waals surface area (Å²) in [7, 11) is 0. The van der Waals surface area contributed by atoms with Crippen LogP contribution in [0.3, 0.4) is 0 Å². The molecule has 4 heteroatoms. The molecular weight excluding hydrogens is 292 g/mol.